The van der Waals surface area contributed by atoms with E-state index in [9.17, 15) is 19.1 Å². The number of hydrogen-bond donors (Lipinski definition) is 4. The Bertz CT molecular complexity index is 1360. The van der Waals surface area contributed by atoms with E-state index >= 15 is 0 Å². The number of carbonyl (C=O) groups excluding carboxylic acids is 1. The minimum Gasteiger partial charge on any atom is -0.477 e. The quantitative estimate of drug-likeness (QED) is 0.370. The molecule has 6 nitrogen and oxygen atoms in total. The monoisotopic (exact) mass is 421 g/mol. The van der Waals surface area contributed by atoms with Crippen molar-refractivity contribution in [1.82, 2.24) is 9.97 Å². The fourth-order valence-corrected chi connectivity index (χ4v) is 4.44. The Morgan fingerprint density at radius 2 is 1.77 bits per heavy atom. The van der Waals surface area contributed by atoms with Crippen LogP contribution in [0.4, 0.5) is 4.39 Å². The molecule has 0 aliphatic heterocycles. The highest BCUT2D eigenvalue weighted by molar-refractivity contribution is 6.05. The second kappa shape index (κ2) is 7.27. The summed E-state index contributed by atoms with van der Waals surface area (Å²) in [6.45, 7) is 7.63. The molecule has 1 amide bonds. The molecule has 0 bridgehead atoms. The predicted octanol–water partition coefficient (Wildman–Crippen LogP) is 4.84. The number of benzene rings is 2. The number of H-pyrrole nitrogens is 2. The lowest BCUT2D eigenvalue weighted by Gasteiger charge is -2.17. The molecule has 0 saturated carbocycles. The average molecular weight is 421 g/mol. The van der Waals surface area contributed by atoms with Crippen molar-refractivity contribution >= 4 is 33.7 Å². The number of nitrogens with two attached hydrogens (primary N) is 1. The number of aryl methyl sites for hydroxylation is 2. The first-order chi connectivity index (χ1) is 14.6. The molecule has 0 aliphatic carbocycles. The average Bonchev–Trinajstić information content (AvgIpc) is 3.24. The van der Waals surface area contributed by atoms with Gasteiger partial charge in [0.25, 0.3) is 0 Å². The van der Waals surface area contributed by atoms with Crippen LogP contribution in [0.5, 0.6) is 0 Å². The van der Waals surface area contributed by atoms with Gasteiger partial charge in [0.05, 0.1) is 11.4 Å². The molecular weight excluding hydrogens is 397 g/mol. The normalized spacial score (nSPS) is 12.7. The van der Waals surface area contributed by atoms with Crippen LogP contribution >= 0.6 is 0 Å². The van der Waals surface area contributed by atoms with Crippen LogP contribution in [-0.2, 0) is 4.79 Å². The summed E-state index contributed by atoms with van der Waals surface area (Å²) in [6.07, 6.45) is 0. The number of rotatable bonds is 5. The number of carbonyl (C=O) groups is 2. The SMILES string of the molecule is Cc1[nH]c2c(F)ccc(C)c2c1C(C(N)=O)c1c(C(=O)O)[nH]c2ccc(C(C)C)cc12. The van der Waals surface area contributed by atoms with Gasteiger partial charge in [0.15, 0.2) is 0 Å². The number of aromatic amines is 2. The third kappa shape index (κ3) is 3.17. The van der Waals surface area contributed by atoms with Crippen molar-refractivity contribution in [3.8, 4) is 0 Å². The molecule has 2 heterocycles. The van der Waals surface area contributed by atoms with E-state index in [-0.39, 0.29) is 17.1 Å². The summed E-state index contributed by atoms with van der Waals surface area (Å²) < 4.78 is 14.5. The molecule has 1 unspecified atom stereocenters. The Morgan fingerprint density at radius 3 is 2.39 bits per heavy atom. The van der Waals surface area contributed by atoms with Crippen LogP contribution in [0.1, 0.15) is 64.1 Å². The number of amides is 1. The van der Waals surface area contributed by atoms with Gasteiger partial charge < -0.3 is 20.8 Å². The minimum absolute atomic E-state index is 0.0949. The van der Waals surface area contributed by atoms with E-state index in [0.717, 1.165) is 11.1 Å². The molecule has 0 radical (unpaired) electrons. The lowest BCUT2D eigenvalue weighted by molar-refractivity contribution is -0.118. The van der Waals surface area contributed by atoms with Gasteiger partial charge in [0.2, 0.25) is 5.91 Å². The highest BCUT2D eigenvalue weighted by Crippen LogP contribution is 2.41. The molecule has 4 aromatic rings. The zero-order valence-electron chi connectivity index (χ0n) is 17.8. The largest absolute Gasteiger partial charge is 0.477 e. The number of carboxylic acids is 1. The van der Waals surface area contributed by atoms with E-state index in [1.54, 1.807) is 13.0 Å². The van der Waals surface area contributed by atoms with Gasteiger partial charge in [-0.25, -0.2) is 9.18 Å². The maximum absolute atomic E-state index is 14.5. The number of aromatic nitrogens is 2. The zero-order chi connectivity index (χ0) is 22.6. The minimum atomic E-state index is -1.19. The molecule has 0 saturated heterocycles. The number of primary amides is 1. The summed E-state index contributed by atoms with van der Waals surface area (Å²) in [6, 6.07) is 8.63. The van der Waals surface area contributed by atoms with Gasteiger partial charge in [-0.2, -0.15) is 0 Å². The third-order valence-corrected chi connectivity index (χ3v) is 5.95. The Hall–Kier alpha value is -3.61. The molecular formula is C24H24FN3O3. The third-order valence-electron chi connectivity index (χ3n) is 5.95. The zero-order valence-corrected chi connectivity index (χ0v) is 17.8. The van der Waals surface area contributed by atoms with Gasteiger partial charge in [-0.15, -0.1) is 0 Å². The molecule has 2 aromatic carbocycles. The maximum atomic E-state index is 14.5. The first-order valence-electron chi connectivity index (χ1n) is 10.1. The summed E-state index contributed by atoms with van der Waals surface area (Å²) in [5, 5.41) is 11.1. The molecule has 1 atom stereocenters. The van der Waals surface area contributed by atoms with Crippen molar-refractivity contribution in [2.45, 2.75) is 39.5 Å². The van der Waals surface area contributed by atoms with Gasteiger partial charge in [-0.3, -0.25) is 4.79 Å². The molecule has 5 N–H and O–H groups in total. The van der Waals surface area contributed by atoms with Crippen LogP contribution in [-0.4, -0.2) is 27.0 Å². The van der Waals surface area contributed by atoms with Crippen LogP contribution in [0.3, 0.4) is 0 Å². The second-order valence-corrected chi connectivity index (χ2v) is 8.29. The Balaban J connectivity index is 2.13. The van der Waals surface area contributed by atoms with E-state index in [1.807, 2.05) is 39.0 Å². The fourth-order valence-electron chi connectivity index (χ4n) is 4.44. The van der Waals surface area contributed by atoms with Crippen LogP contribution in [0.2, 0.25) is 0 Å². The van der Waals surface area contributed by atoms with Crippen LogP contribution in [0.25, 0.3) is 21.8 Å². The first kappa shape index (κ1) is 20.7. The van der Waals surface area contributed by atoms with E-state index in [2.05, 4.69) is 9.97 Å². The van der Waals surface area contributed by atoms with Crippen molar-refractivity contribution in [2.24, 2.45) is 5.73 Å². The molecule has 7 heteroatoms. The summed E-state index contributed by atoms with van der Waals surface area (Å²) in [5.41, 5.74) is 9.79. The van der Waals surface area contributed by atoms with Crippen LogP contribution in [0.15, 0.2) is 30.3 Å². The molecule has 4 rings (SSSR count). The first-order valence-corrected chi connectivity index (χ1v) is 10.1. The molecule has 0 spiro atoms. The molecule has 0 fully saturated rings. The highest BCUT2D eigenvalue weighted by atomic mass is 19.1. The van der Waals surface area contributed by atoms with Crippen molar-refractivity contribution < 1.29 is 19.1 Å². The number of halogens is 1. The van der Waals surface area contributed by atoms with Crippen molar-refractivity contribution in [1.29, 1.82) is 0 Å². The number of carboxylic acid groups (broad SMARTS) is 1. The van der Waals surface area contributed by atoms with E-state index < -0.39 is 23.6 Å². The van der Waals surface area contributed by atoms with Gasteiger partial charge in [-0.05, 0) is 54.7 Å². The topological polar surface area (TPSA) is 112 Å². The number of nitrogens with one attached hydrogen (secondary N) is 2. The van der Waals surface area contributed by atoms with Gasteiger partial charge in [-0.1, -0.05) is 26.0 Å². The smallest absolute Gasteiger partial charge is 0.352 e. The summed E-state index contributed by atoms with van der Waals surface area (Å²) in [7, 11) is 0. The number of fused-ring (bicyclic) bond motifs is 2. The van der Waals surface area contributed by atoms with E-state index in [4.69, 9.17) is 5.73 Å². The molecule has 160 valence electrons. The second-order valence-electron chi connectivity index (χ2n) is 8.29. The van der Waals surface area contributed by atoms with E-state index in [1.165, 1.54) is 6.07 Å². The highest BCUT2D eigenvalue weighted by Gasteiger charge is 2.33. The van der Waals surface area contributed by atoms with Gasteiger partial charge in [0, 0.05) is 27.5 Å². The number of hydrogen-bond acceptors (Lipinski definition) is 2. The lowest BCUT2D eigenvalue weighted by Crippen LogP contribution is -2.24. The van der Waals surface area contributed by atoms with Gasteiger partial charge >= 0.3 is 5.97 Å². The standard InChI is InChI=1S/C24H24FN3O3/c1-10(2)13-6-8-16-14(9-13)19(22(28-16)24(30)31)20(23(26)29)18-12(4)27-21-15(25)7-5-11(3)17(18)21/h5-10,20,27-28H,1-4H3,(H2,26,29)(H,30,31). The Morgan fingerprint density at radius 1 is 1.06 bits per heavy atom. The fraction of sp³-hybridized carbons (Fsp3) is 0.250. The Kier molecular flexibility index (Phi) is 4.84. The van der Waals surface area contributed by atoms with Gasteiger partial charge in [0.1, 0.15) is 11.5 Å². The number of aromatic carboxylic acids is 1. The summed E-state index contributed by atoms with van der Waals surface area (Å²) in [4.78, 5) is 30.9. The lowest BCUT2D eigenvalue weighted by atomic mass is 9.85. The summed E-state index contributed by atoms with van der Waals surface area (Å²) >= 11 is 0. The summed E-state index contributed by atoms with van der Waals surface area (Å²) in [5.74, 6) is -3.21. The van der Waals surface area contributed by atoms with Crippen molar-refractivity contribution in [3.05, 3.63) is 69.8 Å². The molecule has 0 aliphatic rings. The Labute approximate surface area is 178 Å². The maximum Gasteiger partial charge on any atom is 0.352 e. The van der Waals surface area contributed by atoms with Crippen molar-refractivity contribution in [3.63, 3.8) is 0 Å². The van der Waals surface area contributed by atoms with Crippen molar-refractivity contribution in [2.75, 3.05) is 0 Å². The predicted molar refractivity (Wildman–Crippen MR) is 118 cm³/mol. The van der Waals surface area contributed by atoms with Crippen LogP contribution < -0.4 is 5.73 Å². The molecule has 31 heavy (non-hydrogen) atoms. The van der Waals surface area contributed by atoms with Crippen LogP contribution in [0, 0.1) is 19.7 Å². The van der Waals surface area contributed by atoms with E-state index in [0.29, 0.717) is 33.1 Å². The molecule has 2 aromatic heterocycles.